The summed E-state index contributed by atoms with van der Waals surface area (Å²) in [5.74, 6) is 0.681. The fourth-order valence-electron chi connectivity index (χ4n) is 2.92. The van der Waals surface area contributed by atoms with Crippen molar-refractivity contribution in [2.45, 2.75) is 44.8 Å². The highest BCUT2D eigenvalue weighted by molar-refractivity contribution is 4.91. The molecule has 0 spiro atoms. The van der Waals surface area contributed by atoms with Gasteiger partial charge in [-0.2, -0.15) is 0 Å². The topological polar surface area (TPSA) is 32.5 Å². The first kappa shape index (κ1) is 11.4. The lowest BCUT2D eigenvalue weighted by Crippen LogP contribution is -2.47. The minimum Gasteiger partial charge on any atom is -0.326 e. The molecular weight excluding hydrogens is 186 g/mol. The first-order valence-electron chi connectivity index (χ1n) is 6.27. The quantitative estimate of drug-likeness (QED) is 0.694. The summed E-state index contributed by atoms with van der Waals surface area (Å²) in [4.78, 5) is 5.09. The Morgan fingerprint density at radius 1 is 1.20 bits per heavy atom. The summed E-state index contributed by atoms with van der Waals surface area (Å²) in [5, 5.41) is 0. The molecule has 4 unspecified atom stereocenters. The largest absolute Gasteiger partial charge is 0.326 e. The number of likely N-dealkylation sites (tertiary alicyclic amines) is 2. The van der Waals surface area contributed by atoms with Crippen LogP contribution in [-0.2, 0) is 0 Å². The van der Waals surface area contributed by atoms with Crippen LogP contribution in [0.3, 0.4) is 0 Å². The molecule has 3 nitrogen and oxygen atoms in total. The van der Waals surface area contributed by atoms with E-state index in [0.29, 0.717) is 12.0 Å². The fraction of sp³-hybridized carbons (Fsp3) is 1.00. The number of nitrogens with two attached hydrogens (primary N) is 1. The zero-order valence-electron chi connectivity index (χ0n) is 10.3. The molecular formula is C12H25N3. The minimum absolute atomic E-state index is 0.403. The lowest BCUT2D eigenvalue weighted by molar-refractivity contribution is 0.101. The van der Waals surface area contributed by atoms with Gasteiger partial charge in [-0.05, 0) is 39.3 Å². The highest BCUT2D eigenvalue weighted by atomic mass is 15.2. The van der Waals surface area contributed by atoms with Gasteiger partial charge >= 0.3 is 0 Å². The van der Waals surface area contributed by atoms with Crippen molar-refractivity contribution in [2.24, 2.45) is 11.7 Å². The molecule has 0 bridgehead atoms. The summed E-state index contributed by atoms with van der Waals surface area (Å²) in [5.41, 5.74) is 6.09. The Hall–Kier alpha value is -0.120. The average Bonchev–Trinajstić information content (AvgIpc) is 2.52. The normalized spacial score (nSPS) is 44.8. The number of piperidine rings is 1. The predicted octanol–water partition coefficient (Wildman–Crippen LogP) is 0.748. The summed E-state index contributed by atoms with van der Waals surface area (Å²) in [7, 11) is 2.24. The van der Waals surface area contributed by atoms with E-state index in [9.17, 15) is 0 Å². The highest BCUT2D eigenvalue weighted by Crippen LogP contribution is 2.25. The van der Waals surface area contributed by atoms with Crippen molar-refractivity contribution >= 4 is 0 Å². The zero-order chi connectivity index (χ0) is 11.0. The monoisotopic (exact) mass is 211 g/mol. The number of rotatable bonds is 1. The van der Waals surface area contributed by atoms with E-state index in [1.165, 1.54) is 25.9 Å². The van der Waals surface area contributed by atoms with Crippen molar-refractivity contribution in [3.63, 3.8) is 0 Å². The predicted molar refractivity (Wildman–Crippen MR) is 63.8 cm³/mol. The molecule has 0 saturated carbocycles. The number of hydrogen-bond donors (Lipinski definition) is 1. The van der Waals surface area contributed by atoms with Gasteiger partial charge in [-0.25, -0.2) is 0 Å². The van der Waals surface area contributed by atoms with Crippen molar-refractivity contribution < 1.29 is 0 Å². The Balaban J connectivity index is 1.90. The SMILES string of the molecule is CC1CN(C2CCN(C)C(C)C2)CC1N. The molecule has 15 heavy (non-hydrogen) atoms. The van der Waals surface area contributed by atoms with Crippen LogP contribution in [0.5, 0.6) is 0 Å². The third-order valence-corrected chi connectivity index (χ3v) is 4.40. The van der Waals surface area contributed by atoms with Crippen molar-refractivity contribution in [2.75, 3.05) is 26.7 Å². The molecule has 2 aliphatic heterocycles. The molecule has 2 N–H and O–H groups in total. The molecule has 88 valence electrons. The Labute approximate surface area is 93.6 Å². The van der Waals surface area contributed by atoms with Gasteiger partial charge in [-0.15, -0.1) is 0 Å². The van der Waals surface area contributed by atoms with Crippen LogP contribution in [0, 0.1) is 5.92 Å². The third kappa shape index (κ3) is 2.35. The van der Waals surface area contributed by atoms with Crippen molar-refractivity contribution in [3.8, 4) is 0 Å². The van der Waals surface area contributed by atoms with Gasteiger partial charge in [0.25, 0.3) is 0 Å². The van der Waals surface area contributed by atoms with E-state index in [0.717, 1.165) is 18.6 Å². The van der Waals surface area contributed by atoms with Gasteiger partial charge in [0.05, 0.1) is 0 Å². The Morgan fingerprint density at radius 3 is 2.47 bits per heavy atom. The van der Waals surface area contributed by atoms with Gasteiger partial charge in [0, 0.05) is 31.2 Å². The molecule has 0 aliphatic carbocycles. The molecule has 0 aromatic rings. The van der Waals surface area contributed by atoms with E-state index in [4.69, 9.17) is 5.73 Å². The number of hydrogen-bond acceptors (Lipinski definition) is 3. The Morgan fingerprint density at radius 2 is 1.93 bits per heavy atom. The van der Waals surface area contributed by atoms with E-state index in [1.54, 1.807) is 0 Å². The molecule has 0 aromatic carbocycles. The van der Waals surface area contributed by atoms with Crippen LogP contribution < -0.4 is 5.73 Å². The van der Waals surface area contributed by atoms with Gasteiger partial charge in [0.2, 0.25) is 0 Å². The lowest BCUT2D eigenvalue weighted by atomic mass is 9.98. The molecule has 0 aromatic heterocycles. The van der Waals surface area contributed by atoms with Gasteiger partial charge in [0.1, 0.15) is 0 Å². The van der Waals surface area contributed by atoms with E-state index in [2.05, 4.69) is 30.7 Å². The van der Waals surface area contributed by atoms with Crippen LogP contribution >= 0.6 is 0 Å². The van der Waals surface area contributed by atoms with E-state index < -0.39 is 0 Å². The van der Waals surface area contributed by atoms with Crippen LogP contribution in [-0.4, -0.2) is 54.6 Å². The lowest BCUT2D eigenvalue weighted by Gasteiger charge is -2.39. The molecule has 3 heteroatoms. The van der Waals surface area contributed by atoms with Crippen molar-refractivity contribution in [1.29, 1.82) is 0 Å². The van der Waals surface area contributed by atoms with Gasteiger partial charge in [-0.3, -0.25) is 4.90 Å². The second-order valence-electron chi connectivity index (χ2n) is 5.60. The van der Waals surface area contributed by atoms with Crippen LogP contribution in [0.25, 0.3) is 0 Å². The summed E-state index contributed by atoms with van der Waals surface area (Å²) in [6.45, 7) is 8.19. The second kappa shape index (κ2) is 4.40. The molecule has 2 aliphatic rings. The molecule has 0 radical (unpaired) electrons. The van der Waals surface area contributed by atoms with Crippen molar-refractivity contribution in [1.82, 2.24) is 9.80 Å². The average molecular weight is 211 g/mol. The number of nitrogens with zero attached hydrogens (tertiary/aromatic N) is 2. The maximum Gasteiger partial charge on any atom is 0.0206 e. The summed E-state index contributed by atoms with van der Waals surface area (Å²) < 4.78 is 0. The van der Waals surface area contributed by atoms with Gasteiger partial charge in [0.15, 0.2) is 0 Å². The van der Waals surface area contributed by atoms with Crippen LogP contribution in [0.1, 0.15) is 26.7 Å². The fourth-order valence-corrected chi connectivity index (χ4v) is 2.92. The third-order valence-electron chi connectivity index (χ3n) is 4.40. The molecule has 2 heterocycles. The summed E-state index contributed by atoms with van der Waals surface area (Å²) >= 11 is 0. The first-order valence-corrected chi connectivity index (χ1v) is 6.27. The second-order valence-corrected chi connectivity index (χ2v) is 5.60. The summed E-state index contributed by atoms with van der Waals surface area (Å²) in [6.07, 6.45) is 2.64. The smallest absolute Gasteiger partial charge is 0.0206 e. The molecule has 2 fully saturated rings. The maximum absolute atomic E-state index is 6.09. The van der Waals surface area contributed by atoms with Gasteiger partial charge < -0.3 is 10.6 Å². The standard InChI is InChI=1S/C12H25N3/c1-9-7-15(8-12(9)13)11-4-5-14(3)10(2)6-11/h9-12H,4-8,13H2,1-3H3. The zero-order valence-corrected chi connectivity index (χ0v) is 10.3. The molecule has 0 amide bonds. The van der Waals surface area contributed by atoms with E-state index in [1.807, 2.05) is 0 Å². The molecule has 2 saturated heterocycles. The van der Waals surface area contributed by atoms with E-state index >= 15 is 0 Å². The Bertz CT molecular complexity index is 209. The van der Waals surface area contributed by atoms with Crippen molar-refractivity contribution in [3.05, 3.63) is 0 Å². The molecule has 4 atom stereocenters. The van der Waals surface area contributed by atoms with E-state index in [-0.39, 0.29) is 0 Å². The summed E-state index contributed by atoms with van der Waals surface area (Å²) in [6, 6.07) is 1.92. The minimum atomic E-state index is 0.403. The Kier molecular flexibility index (Phi) is 3.33. The van der Waals surface area contributed by atoms with Crippen LogP contribution in [0.2, 0.25) is 0 Å². The highest BCUT2D eigenvalue weighted by Gasteiger charge is 2.34. The molecule has 2 rings (SSSR count). The maximum atomic E-state index is 6.09. The van der Waals surface area contributed by atoms with Crippen LogP contribution in [0.15, 0.2) is 0 Å². The first-order chi connectivity index (χ1) is 7.08. The van der Waals surface area contributed by atoms with Crippen LogP contribution in [0.4, 0.5) is 0 Å². The van der Waals surface area contributed by atoms with Gasteiger partial charge in [-0.1, -0.05) is 6.92 Å².